The molecule has 0 amide bonds. The Labute approximate surface area is 331 Å². The smallest absolute Gasteiger partial charge is 0.137 e. The van der Waals surface area contributed by atoms with Crippen molar-refractivity contribution < 1.29 is 4.42 Å². The van der Waals surface area contributed by atoms with Crippen LogP contribution in [0.2, 0.25) is 0 Å². The normalized spacial score (nSPS) is 13.1. The summed E-state index contributed by atoms with van der Waals surface area (Å²) in [6.45, 7) is 0. The Morgan fingerprint density at radius 2 is 0.807 bits per heavy atom. The molecule has 12 rings (SSSR count). The summed E-state index contributed by atoms with van der Waals surface area (Å²) in [5, 5.41) is 2.25. The average molecular weight is 726 g/mol. The van der Waals surface area contributed by atoms with Gasteiger partial charge in [-0.25, -0.2) is 0 Å². The first-order valence-electron chi connectivity index (χ1n) is 19.7. The number of rotatable bonds is 5. The largest absolute Gasteiger partial charge is 0.456 e. The zero-order chi connectivity index (χ0) is 37.5. The summed E-state index contributed by atoms with van der Waals surface area (Å²) in [6, 6.07) is 77.3. The van der Waals surface area contributed by atoms with Crippen LogP contribution in [0, 0.1) is 0 Å². The van der Waals surface area contributed by atoms with Gasteiger partial charge in [0.2, 0.25) is 0 Å². The van der Waals surface area contributed by atoms with Crippen LogP contribution in [0.15, 0.2) is 217 Å². The molecular weight excluding hydrogens is 691 g/mol. The fourth-order valence-electron chi connectivity index (χ4n) is 9.91. The Balaban J connectivity index is 1.01. The molecule has 0 aliphatic heterocycles. The van der Waals surface area contributed by atoms with Crippen molar-refractivity contribution in [2.45, 2.75) is 5.41 Å². The van der Waals surface area contributed by atoms with E-state index in [1.165, 1.54) is 66.8 Å². The van der Waals surface area contributed by atoms with Gasteiger partial charge in [-0.3, -0.25) is 0 Å². The Morgan fingerprint density at radius 3 is 1.51 bits per heavy atom. The molecular formula is C55H35NO. The number of hydrogen-bond donors (Lipinski definition) is 0. The zero-order valence-electron chi connectivity index (χ0n) is 31.1. The number of benzene rings is 9. The van der Waals surface area contributed by atoms with Gasteiger partial charge in [0.05, 0.1) is 5.41 Å². The van der Waals surface area contributed by atoms with Gasteiger partial charge in [-0.05, 0) is 109 Å². The van der Waals surface area contributed by atoms with E-state index in [2.05, 4.69) is 205 Å². The third kappa shape index (κ3) is 4.59. The van der Waals surface area contributed by atoms with E-state index >= 15 is 0 Å². The topological polar surface area (TPSA) is 16.4 Å². The third-order valence-electron chi connectivity index (χ3n) is 12.3. The molecule has 2 nitrogen and oxygen atoms in total. The second-order valence-electron chi connectivity index (χ2n) is 15.2. The average Bonchev–Trinajstić information content (AvgIpc) is 3.91. The summed E-state index contributed by atoms with van der Waals surface area (Å²) in [5.74, 6) is 0. The Bertz CT molecular complexity index is 3130. The van der Waals surface area contributed by atoms with Gasteiger partial charge < -0.3 is 9.32 Å². The number of fused-ring (bicyclic) bond motifs is 13. The van der Waals surface area contributed by atoms with Crippen molar-refractivity contribution in [3.63, 3.8) is 0 Å². The third-order valence-corrected chi connectivity index (χ3v) is 12.3. The Morgan fingerprint density at radius 1 is 0.316 bits per heavy atom. The molecule has 0 atom stereocenters. The monoisotopic (exact) mass is 725 g/mol. The molecule has 1 aromatic heterocycles. The predicted octanol–water partition coefficient (Wildman–Crippen LogP) is 14.7. The first-order chi connectivity index (χ1) is 28.3. The Kier molecular flexibility index (Phi) is 6.88. The number of nitrogens with zero attached hydrogens (tertiary/aromatic N) is 1. The summed E-state index contributed by atoms with van der Waals surface area (Å²) in [4.78, 5) is 2.33. The fraction of sp³-hybridized carbons (Fsp3) is 0.0182. The van der Waals surface area contributed by atoms with Gasteiger partial charge in [-0.2, -0.15) is 0 Å². The van der Waals surface area contributed by atoms with Crippen molar-refractivity contribution >= 4 is 39.0 Å². The van der Waals surface area contributed by atoms with Crippen LogP contribution in [-0.2, 0) is 5.41 Å². The molecule has 57 heavy (non-hydrogen) atoms. The van der Waals surface area contributed by atoms with Crippen molar-refractivity contribution in [2.75, 3.05) is 4.90 Å². The molecule has 9 aromatic carbocycles. The molecule has 2 aliphatic rings. The lowest BCUT2D eigenvalue weighted by Crippen LogP contribution is -2.25. The number of hydrogen-bond acceptors (Lipinski definition) is 2. The quantitative estimate of drug-likeness (QED) is 0.176. The van der Waals surface area contributed by atoms with Gasteiger partial charge in [0, 0.05) is 33.9 Å². The SMILES string of the molecule is c1ccc(-c2ccc(N(c3ccc(-c4cccc5c4-c4ccccc4C54c5ccccc5-c5ccccc54)cc3)c3ccc4c(c3)oc3ccccc34)cc2)cc1. The summed E-state index contributed by atoms with van der Waals surface area (Å²) >= 11 is 0. The van der Waals surface area contributed by atoms with Crippen molar-refractivity contribution in [1.29, 1.82) is 0 Å². The van der Waals surface area contributed by atoms with Gasteiger partial charge in [0.1, 0.15) is 11.2 Å². The van der Waals surface area contributed by atoms with Gasteiger partial charge in [-0.1, -0.05) is 164 Å². The predicted molar refractivity (Wildman–Crippen MR) is 236 cm³/mol. The highest BCUT2D eigenvalue weighted by atomic mass is 16.3. The molecule has 2 aliphatic carbocycles. The van der Waals surface area contributed by atoms with E-state index in [4.69, 9.17) is 4.42 Å². The van der Waals surface area contributed by atoms with Crippen molar-refractivity contribution in [2.24, 2.45) is 0 Å². The first kappa shape index (κ1) is 31.9. The van der Waals surface area contributed by atoms with Crippen LogP contribution in [0.25, 0.3) is 66.4 Å². The molecule has 0 bridgehead atoms. The standard InChI is InChI=1S/C55H35NO/c1-2-13-36(14-3-1)37-25-29-39(30-26-37)56(41-33-34-46-45-17-7-11-24-52(45)57-53(46)35-41)40-31-27-38(28-32-40)42-19-12-23-51-54(42)47-18-6-10-22-50(47)55(51)48-20-8-4-15-43(48)44-16-5-9-21-49(44)55/h1-35H. The van der Waals surface area contributed by atoms with Gasteiger partial charge >= 0.3 is 0 Å². The van der Waals surface area contributed by atoms with E-state index in [1.54, 1.807) is 0 Å². The molecule has 1 spiro atoms. The van der Waals surface area contributed by atoms with Gasteiger partial charge in [-0.15, -0.1) is 0 Å². The van der Waals surface area contributed by atoms with Crippen LogP contribution in [0.1, 0.15) is 22.3 Å². The molecule has 0 saturated heterocycles. The zero-order valence-corrected chi connectivity index (χ0v) is 31.1. The molecule has 0 N–H and O–H groups in total. The number of furan rings is 1. The number of para-hydroxylation sites is 1. The lowest BCUT2D eigenvalue weighted by atomic mass is 9.70. The van der Waals surface area contributed by atoms with Crippen LogP contribution in [0.4, 0.5) is 17.1 Å². The van der Waals surface area contributed by atoms with Crippen molar-refractivity contribution in [3.8, 4) is 44.5 Å². The molecule has 10 aromatic rings. The molecule has 0 fully saturated rings. The number of anilines is 3. The van der Waals surface area contributed by atoms with E-state index in [0.717, 1.165) is 39.0 Å². The highest BCUT2D eigenvalue weighted by Crippen LogP contribution is 2.64. The van der Waals surface area contributed by atoms with Crippen molar-refractivity contribution in [1.82, 2.24) is 0 Å². The van der Waals surface area contributed by atoms with E-state index in [-0.39, 0.29) is 5.41 Å². The highest BCUT2D eigenvalue weighted by Gasteiger charge is 2.51. The van der Waals surface area contributed by atoms with Crippen LogP contribution in [-0.4, -0.2) is 0 Å². The van der Waals surface area contributed by atoms with Gasteiger partial charge in [0.25, 0.3) is 0 Å². The second-order valence-corrected chi connectivity index (χ2v) is 15.2. The van der Waals surface area contributed by atoms with Crippen LogP contribution in [0.5, 0.6) is 0 Å². The van der Waals surface area contributed by atoms with Crippen molar-refractivity contribution in [3.05, 3.63) is 235 Å². The van der Waals surface area contributed by atoms with E-state index < -0.39 is 0 Å². The summed E-state index contributed by atoms with van der Waals surface area (Å²) in [7, 11) is 0. The minimum absolute atomic E-state index is 0.368. The fourth-order valence-corrected chi connectivity index (χ4v) is 9.91. The molecule has 0 saturated carbocycles. The molecule has 0 radical (unpaired) electrons. The Hall–Kier alpha value is -7.42. The second kappa shape index (κ2) is 12.3. The minimum Gasteiger partial charge on any atom is -0.456 e. The first-order valence-corrected chi connectivity index (χ1v) is 19.7. The van der Waals surface area contributed by atoms with E-state index in [1.807, 2.05) is 12.1 Å². The maximum Gasteiger partial charge on any atom is 0.137 e. The summed E-state index contributed by atoms with van der Waals surface area (Å²) in [6.07, 6.45) is 0. The molecule has 0 unspecified atom stereocenters. The van der Waals surface area contributed by atoms with Crippen LogP contribution < -0.4 is 4.90 Å². The maximum atomic E-state index is 6.40. The minimum atomic E-state index is -0.368. The molecule has 266 valence electrons. The van der Waals surface area contributed by atoms with Gasteiger partial charge in [0.15, 0.2) is 0 Å². The molecule has 2 heteroatoms. The van der Waals surface area contributed by atoms with E-state index in [9.17, 15) is 0 Å². The highest BCUT2D eigenvalue weighted by molar-refractivity contribution is 6.06. The lowest BCUT2D eigenvalue weighted by Gasteiger charge is -2.30. The molecule has 1 heterocycles. The summed E-state index contributed by atoms with van der Waals surface area (Å²) in [5.41, 5.74) is 20.1. The lowest BCUT2D eigenvalue weighted by molar-refractivity contribution is 0.669. The maximum absolute atomic E-state index is 6.40. The van der Waals surface area contributed by atoms with E-state index in [0.29, 0.717) is 0 Å². The van der Waals surface area contributed by atoms with Crippen LogP contribution >= 0.6 is 0 Å². The van der Waals surface area contributed by atoms with Crippen LogP contribution in [0.3, 0.4) is 0 Å². The summed E-state index contributed by atoms with van der Waals surface area (Å²) < 4.78 is 6.40.